The first-order valence-corrected chi connectivity index (χ1v) is 7.62. The highest BCUT2D eigenvalue weighted by molar-refractivity contribution is 6.07. The van der Waals surface area contributed by atoms with Gasteiger partial charge in [0.25, 0.3) is 5.91 Å². The highest BCUT2D eigenvalue weighted by Crippen LogP contribution is 2.42. The van der Waals surface area contributed by atoms with Gasteiger partial charge < -0.3 is 10.4 Å². The summed E-state index contributed by atoms with van der Waals surface area (Å²) in [5, 5.41) is 12.8. The molecule has 0 bridgehead atoms. The molecule has 3 amide bonds. The van der Waals surface area contributed by atoms with E-state index in [2.05, 4.69) is 5.32 Å². The van der Waals surface area contributed by atoms with Crippen molar-refractivity contribution in [2.45, 2.75) is 37.6 Å². The molecule has 0 aromatic heterocycles. The van der Waals surface area contributed by atoms with Gasteiger partial charge in [-0.15, -0.1) is 0 Å². The van der Waals surface area contributed by atoms with Crippen molar-refractivity contribution in [2.75, 3.05) is 6.54 Å². The fraction of sp³-hybridized carbons (Fsp3) is 0.500. The number of aliphatic hydroxyl groups excluding tert-OH is 1. The van der Waals surface area contributed by atoms with E-state index >= 15 is 0 Å². The second-order valence-electron chi connectivity index (χ2n) is 6.46. The lowest BCUT2D eigenvalue weighted by atomic mass is 9.96. The van der Waals surface area contributed by atoms with E-state index in [-0.39, 0.29) is 18.0 Å². The average molecular weight is 342 g/mol. The molecule has 2 aliphatic rings. The number of hydrogen-bond acceptors (Lipinski definition) is 3. The number of nitrogens with one attached hydrogen (secondary N) is 1. The molecule has 0 radical (unpaired) electrons. The zero-order chi connectivity index (χ0) is 17.7. The van der Waals surface area contributed by atoms with Crippen molar-refractivity contribution in [3.8, 4) is 0 Å². The second-order valence-corrected chi connectivity index (χ2v) is 6.46. The van der Waals surface area contributed by atoms with Crippen molar-refractivity contribution in [3.05, 3.63) is 35.4 Å². The molecule has 2 fully saturated rings. The van der Waals surface area contributed by atoms with Gasteiger partial charge in [0.1, 0.15) is 5.54 Å². The molecule has 1 saturated heterocycles. The van der Waals surface area contributed by atoms with Gasteiger partial charge in [-0.25, -0.2) is 4.79 Å². The summed E-state index contributed by atoms with van der Waals surface area (Å²) in [6, 6.07) is 3.43. The molecule has 0 spiro atoms. The fourth-order valence-electron chi connectivity index (χ4n) is 2.99. The van der Waals surface area contributed by atoms with Crippen LogP contribution in [-0.4, -0.2) is 34.0 Å². The maximum absolute atomic E-state index is 12.5. The first-order chi connectivity index (χ1) is 11.1. The Morgan fingerprint density at radius 1 is 1.29 bits per heavy atom. The van der Waals surface area contributed by atoms with E-state index in [1.165, 1.54) is 0 Å². The molecule has 1 saturated carbocycles. The molecule has 5 nitrogen and oxygen atoms in total. The van der Waals surface area contributed by atoms with Crippen molar-refractivity contribution < 1.29 is 27.9 Å². The van der Waals surface area contributed by atoms with Crippen LogP contribution in [0.5, 0.6) is 0 Å². The number of carbonyl (C=O) groups excluding carboxylic acids is 2. The maximum Gasteiger partial charge on any atom is 0.416 e. The number of halogens is 3. The number of alkyl halides is 3. The van der Waals surface area contributed by atoms with E-state index in [0.717, 1.165) is 42.0 Å². The van der Waals surface area contributed by atoms with Gasteiger partial charge in [-0.1, -0.05) is 12.1 Å². The van der Waals surface area contributed by atoms with Crippen LogP contribution in [0.2, 0.25) is 0 Å². The average Bonchev–Trinajstić information content (AvgIpc) is 3.33. The van der Waals surface area contributed by atoms with E-state index in [4.69, 9.17) is 0 Å². The van der Waals surface area contributed by atoms with Crippen LogP contribution in [-0.2, 0) is 11.0 Å². The van der Waals surface area contributed by atoms with Crippen LogP contribution < -0.4 is 5.32 Å². The molecule has 1 heterocycles. The molecule has 24 heavy (non-hydrogen) atoms. The van der Waals surface area contributed by atoms with Crippen LogP contribution in [0, 0.1) is 5.92 Å². The SMILES string of the molecule is C[C@]1(C2CC2)NC(=O)N(C[C@@H](O)c2ccc(C(F)(F)F)cc2)C1=O. The lowest BCUT2D eigenvalue weighted by Gasteiger charge is -2.22. The Hall–Kier alpha value is -2.09. The highest BCUT2D eigenvalue weighted by Gasteiger charge is 2.56. The van der Waals surface area contributed by atoms with Gasteiger partial charge in [0, 0.05) is 0 Å². The first kappa shape index (κ1) is 16.8. The molecule has 1 aliphatic carbocycles. The van der Waals surface area contributed by atoms with Crippen LogP contribution in [0.15, 0.2) is 24.3 Å². The topological polar surface area (TPSA) is 69.6 Å². The van der Waals surface area contributed by atoms with E-state index in [9.17, 15) is 27.9 Å². The summed E-state index contributed by atoms with van der Waals surface area (Å²) in [6.45, 7) is 1.37. The second kappa shape index (κ2) is 5.47. The molecular weight excluding hydrogens is 325 g/mol. The van der Waals surface area contributed by atoms with Crippen molar-refractivity contribution in [3.63, 3.8) is 0 Å². The first-order valence-electron chi connectivity index (χ1n) is 7.62. The van der Waals surface area contributed by atoms with Crippen LogP contribution in [0.3, 0.4) is 0 Å². The number of benzene rings is 1. The number of hydrogen-bond donors (Lipinski definition) is 2. The Morgan fingerprint density at radius 2 is 1.88 bits per heavy atom. The lowest BCUT2D eigenvalue weighted by Crippen LogP contribution is -2.46. The third-order valence-electron chi connectivity index (χ3n) is 4.67. The number of aliphatic hydroxyl groups is 1. The van der Waals surface area contributed by atoms with E-state index in [0.29, 0.717) is 0 Å². The van der Waals surface area contributed by atoms with Gasteiger partial charge in [0.2, 0.25) is 0 Å². The predicted octanol–water partition coefficient (Wildman–Crippen LogP) is 2.46. The van der Waals surface area contributed by atoms with E-state index in [1.54, 1.807) is 6.92 Å². The highest BCUT2D eigenvalue weighted by atomic mass is 19.4. The number of amides is 3. The lowest BCUT2D eigenvalue weighted by molar-refractivity contribution is -0.137. The molecule has 2 N–H and O–H groups in total. The summed E-state index contributed by atoms with van der Waals surface area (Å²) in [6.07, 6.45) is -3.99. The Balaban J connectivity index is 1.71. The molecule has 3 rings (SSSR count). The Kier molecular flexibility index (Phi) is 3.82. The third kappa shape index (κ3) is 2.86. The van der Waals surface area contributed by atoms with Crippen molar-refractivity contribution in [2.24, 2.45) is 5.92 Å². The van der Waals surface area contributed by atoms with Gasteiger partial charge in [0.15, 0.2) is 0 Å². The van der Waals surface area contributed by atoms with Gasteiger partial charge in [-0.05, 0) is 43.4 Å². The quantitative estimate of drug-likeness (QED) is 0.826. The normalized spacial score (nSPS) is 25.8. The number of β-amino-alcohol motifs (C(OH)–C–C–N with tert-alkyl or cyclic N) is 1. The zero-order valence-corrected chi connectivity index (χ0v) is 12.9. The van der Waals surface area contributed by atoms with Crippen molar-refractivity contribution in [1.82, 2.24) is 10.2 Å². The monoisotopic (exact) mass is 342 g/mol. The molecule has 0 unspecified atom stereocenters. The van der Waals surface area contributed by atoms with Crippen molar-refractivity contribution >= 4 is 11.9 Å². The molecule has 130 valence electrons. The summed E-state index contributed by atoms with van der Waals surface area (Å²) in [7, 11) is 0. The number of carbonyl (C=O) groups is 2. The van der Waals surface area contributed by atoms with Gasteiger partial charge in [0.05, 0.1) is 18.2 Å². The Labute approximate surface area is 136 Å². The molecule has 1 aromatic rings. The minimum atomic E-state index is -4.46. The number of imide groups is 1. The van der Waals surface area contributed by atoms with E-state index < -0.39 is 35.3 Å². The number of nitrogens with zero attached hydrogens (tertiary/aromatic N) is 1. The van der Waals surface area contributed by atoms with Crippen LogP contribution in [0.25, 0.3) is 0 Å². The standard InChI is InChI=1S/C16H17F3N2O3/c1-15(10-6-7-10)13(23)21(14(24)20-15)8-12(22)9-2-4-11(5-3-9)16(17,18)19/h2-5,10,12,22H,6-8H2,1H3,(H,20,24)/t12-,15-/m1/s1. The summed E-state index contributed by atoms with van der Waals surface area (Å²) in [5.74, 6) is -0.303. The fourth-order valence-corrected chi connectivity index (χ4v) is 2.99. The van der Waals surface area contributed by atoms with Crippen LogP contribution in [0.4, 0.5) is 18.0 Å². The van der Waals surface area contributed by atoms with Gasteiger partial charge in [-0.3, -0.25) is 9.69 Å². The summed E-state index contributed by atoms with van der Waals surface area (Å²) < 4.78 is 37.6. The molecule has 8 heteroatoms. The Bertz CT molecular complexity index is 670. The molecule has 1 aromatic carbocycles. The van der Waals surface area contributed by atoms with Crippen LogP contribution in [0.1, 0.15) is 37.0 Å². The smallest absolute Gasteiger partial charge is 0.387 e. The Morgan fingerprint density at radius 3 is 2.38 bits per heavy atom. The van der Waals surface area contributed by atoms with Crippen molar-refractivity contribution in [1.29, 1.82) is 0 Å². The number of rotatable bonds is 4. The third-order valence-corrected chi connectivity index (χ3v) is 4.67. The predicted molar refractivity (Wildman–Crippen MR) is 77.8 cm³/mol. The molecule has 2 atom stereocenters. The number of urea groups is 1. The minimum absolute atomic E-state index is 0.0992. The largest absolute Gasteiger partial charge is 0.416 e. The summed E-state index contributed by atoms with van der Waals surface area (Å²) in [4.78, 5) is 25.4. The molecule has 1 aliphatic heterocycles. The minimum Gasteiger partial charge on any atom is -0.387 e. The summed E-state index contributed by atoms with van der Waals surface area (Å²) in [5.41, 5.74) is -1.56. The van der Waals surface area contributed by atoms with Gasteiger partial charge >= 0.3 is 12.2 Å². The summed E-state index contributed by atoms with van der Waals surface area (Å²) >= 11 is 0. The van der Waals surface area contributed by atoms with E-state index in [1.807, 2.05) is 0 Å². The maximum atomic E-state index is 12.5. The zero-order valence-electron chi connectivity index (χ0n) is 12.9. The molecular formula is C16H17F3N2O3. The van der Waals surface area contributed by atoms with Crippen LogP contribution >= 0.6 is 0 Å². The van der Waals surface area contributed by atoms with Gasteiger partial charge in [-0.2, -0.15) is 13.2 Å².